The van der Waals surface area contributed by atoms with Gasteiger partial charge < -0.3 is 5.32 Å². The summed E-state index contributed by atoms with van der Waals surface area (Å²) in [4.78, 5) is 12.5. The van der Waals surface area contributed by atoms with Crippen LogP contribution in [0.2, 0.25) is 0 Å². The molecule has 3 heteroatoms. The average molecular weight is 430 g/mol. The predicted molar refractivity (Wildman–Crippen MR) is 120 cm³/mol. The third-order valence-electron chi connectivity index (χ3n) is 4.91. The Kier molecular flexibility index (Phi) is 5.27. The molecule has 138 valence electrons. The van der Waals surface area contributed by atoms with Crippen LogP contribution in [-0.2, 0) is 6.42 Å². The Morgan fingerprint density at radius 2 is 1.61 bits per heavy atom. The van der Waals surface area contributed by atoms with Gasteiger partial charge in [-0.1, -0.05) is 76.6 Å². The number of para-hydroxylation sites is 1. The van der Waals surface area contributed by atoms with E-state index in [1.54, 1.807) is 0 Å². The van der Waals surface area contributed by atoms with Crippen LogP contribution in [0.4, 0.5) is 5.69 Å². The van der Waals surface area contributed by atoms with E-state index in [-0.39, 0.29) is 5.91 Å². The van der Waals surface area contributed by atoms with E-state index in [2.05, 4.69) is 57.6 Å². The van der Waals surface area contributed by atoms with Gasteiger partial charge >= 0.3 is 0 Å². The molecule has 0 spiro atoms. The largest absolute Gasteiger partial charge is 0.322 e. The molecule has 0 bridgehead atoms. The third-order valence-corrected chi connectivity index (χ3v) is 5.60. The molecule has 0 aliphatic carbocycles. The standard InChI is InChI=1S/C25H20BrNO/c1-17-5-2-3-8-24(17)27-25(28)20-12-9-18(10-13-20)15-19-11-14-22-21(16-19)6-4-7-23(22)26/h2-14,16H,15H2,1H3,(H,27,28). The molecule has 4 aromatic carbocycles. The number of hydrogen-bond donors (Lipinski definition) is 1. The number of fused-ring (bicyclic) bond motifs is 1. The number of anilines is 1. The Morgan fingerprint density at radius 1 is 0.857 bits per heavy atom. The van der Waals surface area contributed by atoms with Crippen molar-refractivity contribution in [2.24, 2.45) is 0 Å². The minimum absolute atomic E-state index is 0.0867. The van der Waals surface area contributed by atoms with Crippen molar-refractivity contribution in [3.05, 3.63) is 112 Å². The highest BCUT2D eigenvalue weighted by atomic mass is 79.9. The zero-order valence-electron chi connectivity index (χ0n) is 15.6. The lowest BCUT2D eigenvalue weighted by molar-refractivity contribution is 0.102. The van der Waals surface area contributed by atoms with Gasteiger partial charge in [0.25, 0.3) is 5.91 Å². The van der Waals surface area contributed by atoms with E-state index >= 15 is 0 Å². The molecule has 0 aromatic heterocycles. The van der Waals surface area contributed by atoms with Crippen molar-refractivity contribution in [3.63, 3.8) is 0 Å². The summed E-state index contributed by atoms with van der Waals surface area (Å²) in [6.07, 6.45) is 0.835. The van der Waals surface area contributed by atoms with Crippen molar-refractivity contribution in [2.75, 3.05) is 5.32 Å². The van der Waals surface area contributed by atoms with Gasteiger partial charge in [-0.15, -0.1) is 0 Å². The summed E-state index contributed by atoms with van der Waals surface area (Å²) in [7, 11) is 0. The lowest BCUT2D eigenvalue weighted by atomic mass is 10.0. The molecule has 0 unspecified atom stereocenters. The summed E-state index contributed by atoms with van der Waals surface area (Å²) in [5.74, 6) is -0.0867. The second-order valence-corrected chi connectivity index (χ2v) is 7.79. The van der Waals surface area contributed by atoms with Crippen LogP contribution >= 0.6 is 15.9 Å². The van der Waals surface area contributed by atoms with Crippen molar-refractivity contribution in [1.82, 2.24) is 0 Å². The van der Waals surface area contributed by atoms with Gasteiger partial charge in [-0.3, -0.25) is 4.79 Å². The van der Waals surface area contributed by atoms with Gasteiger partial charge in [0, 0.05) is 15.7 Å². The molecule has 0 fully saturated rings. The molecule has 0 aliphatic heterocycles. The number of carbonyl (C=O) groups excluding carboxylic acids is 1. The number of benzene rings is 4. The number of aryl methyl sites for hydroxylation is 1. The fourth-order valence-corrected chi connectivity index (χ4v) is 3.83. The molecule has 0 aliphatic rings. The van der Waals surface area contributed by atoms with Crippen LogP contribution in [0.25, 0.3) is 10.8 Å². The summed E-state index contributed by atoms with van der Waals surface area (Å²) in [5, 5.41) is 5.42. The third kappa shape index (κ3) is 4.00. The zero-order chi connectivity index (χ0) is 19.5. The van der Waals surface area contributed by atoms with Crippen LogP contribution in [0, 0.1) is 6.92 Å². The van der Waals surface area contributed by atoms with E-state index in [1.807, 2.05) is 55.5 Å². The Hall–Kier alpha value is -2.91. The van der Waals surface area contributed by atoms with E-state index in [4.69, 9.17) is 0 Å². The summed E-state index contributed by atoms with van der Waals surface area (Å²) in [6, 6.07) is 28.4. The Morgan fingerprint density at radius 3 is 2.39 bits per heavy atom. The molecular weight excluding hydrogens is 410 g/mol. The summed E-state index contributed by atoms with van der Waals surface area (Å²) in [5.41, 5.74) is 4.99. The van der Waals surface area contributed by atoms with E-state index < -0.39 is 0 Å². The van der Waals surface area contributed by atoms with Gasteiger partial charge in [0.05, 0.1) is 0 Å². The first-order chi connectivity index (χ1) is 13.6. The SMILES string of the molecule is Cc1ccccc1NC(=O)c1ccc(Cc2ccc3c(Br)cccc3c2)cc1. The smallest absolute Gasteiger partial charge is 0.255 e. The Bertz CT molecular complexity index is 1150. The average Bonchev–Trinajstić information content (AvgIpc) is 2.70. The number of hydrogen-bond acceptors (Lipinski definition) is 1. The first-order valence-corrected chi connectivity index (χ1v) is 10.0. The maximum absolute atomic E-state index is 12.5. The molecule has 0 atom stereocenters. The second-order valence-electron chi connectivity index (χ2n) is 6.94. The van der Waals surface area contributed by atoms with Crippen molar-refractivity contribution in [3.8, 4) is 0 Å². The van der Waals surface area contributed by atoms with Crippen molar-refractivity contribution in [2.45, 2.75) is 13.3 Å². The number of amides is 1. The van der Waals surface area contributed by atoms with Crippen LogP contribution in [0.3, 0.4) is 0 Å². The van der Waals surface area contributed by atoms with Crippen molar-refractivity contribution >= 4 is 38.3 Å². The topological polar surface area (TPSA) is 29.1 Å². The minimum Gasteiger partial charge on any atom is -0.322 e. The van der Waals surface area contributed by atoms with Crippen molar-refractivity contribution < 1.29 is 4.79 Å². The molecule has 1 amide bonds. The van der Waals surface area contributed by atoms with Crippen LogP contribution in [0.15, 0.2) is 89.4 Å². The maximum Gasteiger partial charge on any atom is 0.255 e. The van der Waals surface area contributed by atoms with Gasteiger partial charge in [0.2, 0.25) is 0 Å². The monoisotopic (exact) mass is 429 g/mol. The molecule has 4 rings (SSSR count). The van der Waals surface area contributed by atoms with Gasteiger partial charge in [0.1, 0.15) is 0 Å². The predicted octanol–water partition coefficient (Wildman–Crippen LogP) is 6.75. The van der Waals surface area contributed by atoms with Gasteiger partial charge in [-0.25, -0.2) is 0 Å². The number of carbonyl (C=O) groups is 1. The lowest BCUT2D eigenvalue weighted by Crippen LogP contribution is -2.12. The number of nitrogens with one attached hydrogen (secondary N) is 1. The number of halogens is 1. The van der Waals surface area contributed by atoms with Gasteiger partial charge in [-0.2, -0.15) is 0 Å². The fourth-order valence-electron chi connectivity index (χ4n) is 3.32. The van der Waals surface area contributed by atoms with E-state index in [1.165, 1.54) is 21.9 Å². The molecule has 28 heavy (non-hydrogen) atoms. The highest BCUT2D eigenvalue weighted by molar-refractivity contribution is 9.10. The zero-order valence-corrected chi connectivity index (χ0v) is 17.2. The van der Waals surface area contributed by atoms with Crippen LogP contribution in [-0.4, -0.2) is 5.91 Å². The second kappa shape index (κ2) is 7.99. The Labute approximate surface area is 173 Å². The minimum atomic E-state index is -0.0867. The molecule has 0 heterocycles. The summed E-state index contributed by atoms with van der Waals surface area (Å²) in [6.45, 7) is 1.99. The summed E-state index contributed by atoms with van der Waals surface area (Å²) >= 11 is 3.60. The first kappa shape index (κ1) is 18.5. The van der Waals surface area contributed by atoms with Gasteiger partial charge in [0.15, 0.2) is 0 Å². The molecule has 0 radical (unpaired) electrons. The highest BCUT2D eigenvalue weighted by Gasteiger charge is 2.08. The highest BCUT2D eigenvalue weighted by Crippen LogP contribution is 2.25. The lowest BCUT2D eigenvalue weighted by Gasteiger charge is -2.09. The Balaban J connectivity index is 1.49. The van der Waals surface area contributed by atoms with Crippen LogP contribution in [0.1, 0.15) is 27.0 Å². The normalized spacial score (nSPS) is 10.8. The quantitative estimate of drug-likeness (QED) is 0.381. The van der Waals surface area contributed by atoms with Gasteiger partial charge in [-0.05, 0) is 65.1 Å². The maximum atomic E-state index is 12.5. The molecule has 4 aromatic rings. The van der Waals surface area contributed by atoms with Crippen LogP contribution < -0.4 is 5.32 Å². The molecule has 2 nitrogen and oxygen atoms in total. The summed E-state index contributed by atoms with van der Waals surface area (Å²) < 4.78 is 1.11. The molecular formula is C25H20BrNO. The molecule has 0 saturated carbocycles. The molecule has 1 N–H and O–H groups in total. The van der Waals surface area contributed by atoms with E-state index in [9.17, 15) is 4.79 Å². The molecule has 0 saturated heterocycles. The van der Waals surface area contributed by atoms with Crippen LogP contribution in [0.5, 0.6) is 0 Å². The first-order valence-electron chi connectivity index (χ1n) is 9.23. The fraction of sp³-hybridized carbons (Fsp3) is 0.0800. The van der Waals surface area contributed by atoms with E-state index in [0.29, 0.717) is 5.56 Å². The number of rotatable bonds is 4. The van der Waals surface area contributed by atoms with Crippen molar-refractivity contribution in [1.29, 1.82) is 0 Å². The van der Waals surface area contributed by atoms with E-state index in [0.717, 1.165) is 22.1 Å².